The van der Waals surface area contributed by atoms with Crippen molar-refractivity contribution in [2.45, 2.75) is 58.2 Å². The summed E-state index contributed by atoms with van der Waals surface area (Å²) >= 11 is 7.33. The predicted octanol–water partition coefficient (Wildman–Crippen LogP) is 5.26. The third kappa shape index (κ3) is 5.82. The Kier molecular flexibility index (Phi) is 8.63. The molecule has 0 heterocycles. The molecule has 78 valence electrons. The molecule has 0 nitrogen and oxygen atoms in total. The second-order valence-corrected chi connectivity index (χ2v) is 15.5. The predicted molar refractivity (Wildman–Crippen MR) is 71.0 cm³/mol. The molecule has 0 rings (SSSR count). The normalized spacial score (nSPS) is 11.8. The Hall–Kier alpha value is 1.49. The second kappa shape index (κ2) is 7.74. The van der Waals surface area contributed by atoms with E-state index in [0.717, 1.165) is 0 Å². The van der Waals surface area contributed by atoms with Gasteiger partial charge in [0.2, 0.25) is 0 Å². The fourth-order valence-electron chi connectivity index (χ4n) is 1.91. The molecule has 0 unspecified atom stereocenters. The summed E-state index contributed by atoms with van der Waals surface area (Å²) in [6, 6.07) is 0. The first-order chi connectivity index (χ1) is 6.10. The molecular formula is C10H21AlBr2. The van der Waals surface area contributed by atoms with E-state index in [1.807, 2.05) is 0 Å². The van der Waals surface area contributed by atoms with Crippen molar-refractivity contribution in [3.05, 3.63) is 0 Å². The number of rotatable bonds is 7. The highest BCUT2D eigenvalue weighted by atomic mass is 79.9. The maximum Gasteiger partial charge on any atom is 0.456 e. The Bertz CT molecular complexity index is 114. The molecule has 0 aliphatic rings. The van der Waals surface area contributed by atoms with Gasteiger partial charge in [-0.05, 0) is 11.8 Å². The topological polar surface area (TPSA) is 0 Å². The SMILES string of the molecule is CCC(CC)(CC)CC[CH2][Al]([Br])[Br]. The largest absolute Gasteiger partial charge is 0.456 e. The van der Waals surface area contributed by atoms with Crippen molar-refractivity contribution in [1.82, 2.24) is 0 Å². The molecule has 0 fully saturated rings. The Morgan fingerprint density at radius 2 is 1.46 bits per heavy atom. The van der Waals surface area contributed by atoms with Crippen LogP contribution in [0.15, 0.2) is 0 Å². The molecule has 0 aliphatic carbocycles. The molecule has 3 heteroatoms. The van der Waals surface area contributed by atoms with Gasteiger partial charge < -0.3 is 0 Å². The van der Waals surface area contributed by atoms with Crippen molar-refractivity contribution in [2.24, 2.45) is 5.41 Å². The Morgan fingerprint density at radius 1 is 1.00 bits per heavy atom. The first-order valence-electron chi connectivity index (χ1n) is 5.38. The van der Waals surface area contributed by atoms with Crippen LogP contribution in [0.5, 0.6) is 0 Å². The van der Waals surface area contributed by atoms with Crippen LogP contribution >= 0.6 is 28.1 Å². The minimum absolute atomic E-state index is 0.642. The van der Waals surface area contributed by atoms with E-state index in [1.165, 1.54) is 37.4 Å². The quantitative estimate of drug-likeness (QED) is 0.559. The van der Waals surface area contributed by atoms with Crippen molar-refractivity contribution in [2.75, 3.05) is 0 Å². The first kappa shape index (κ1) is 14.5. The molecule has 0 saturated carbocycles. The van der Waals surface area contributed by atoms with Gasteiger partial charge in [-0.2, -0.15) is 28.1 Å². The van der Waals surface area contributed by atoms with E-state index >= 15 is 0 Å². The zero-order chi connectivity index (χ0) is 10.3. The first-order valence-corrected chi connectivity index (χ1v) is 12.6. The van der Waals surface area contributed by atoms with Crippen LogP contribution in [-0.2, 0) is 0 Å². The van der Waals surface area contributed by atoms with Gasteiger partial charge in [0.05, 0.1) is 0 Å². The Balaban J connectivity index is 3.81. The van der Waals surface area contributed by atoms with E-state index in [4.69, 9.17) is 0 Å². The smallest absolute Gasteiger partial charge is 0.197 e. The van der Waals surface area contributed by atoms with E-state index in [1.54, 1.807) is 0 Å². The maximum absolute atomic E-state index is 3.66. The molecular weight excluding hydrogens is 307 g/mol. The van der Waals surface area contributed by atoms with Gasteiger partial charge in [0.1, 0.15) is 0 Å². The lowest BCUT2D eigenvalue weighted by Gasteiger charge is -2.30. The van der Waals surface area contributed by atoms with Crippen LogP contribution in [0.1, 0.15) is 52.9 Å². The molecule has 0 spiro atoms. The molecule has 0 atom stereocenters. The summed E-state index contributed by atoms with van der Waals surface area (Å²) in [5.74, 6) is 0. The Labute approximate surface area is 102 Å². The second-order valence-electron chi connectivity index (χ2n) is 3.84. The molecule has 0 aromatic heterocycles. The summed E-state index contributed by atoms with van der Waals surface area (Å²) in [7, 11) is -0.668. The van der Waals surface area contributed by atoms with Gasteiger partial charge >= 0.3 is 10.5 Å². The van der Waals surface area contributed by atoms with Crippen LogP contribution in [0.4, 0.5) is 0 Å². The zero-order valence-electron chi connectivity index (χ0n) is 9.08. The summed E-state index contributed by atoms with van der Waals surface area (Å²) in [6.07, 6.45) is 6.84. The third-order valence-electron chi connectivity index (χ3n) is 3.38. The lowest BCUT2D eigenvalue weighted by atomic mass is 9.76. The van der Waals surface area contributed by atoms with E-state index in [0.29, 0.717) is 5.41 Å². The van der Waals surface area contributed by atoms with Crippen LogP contribution in [0.3, 0.4) is 0 Å². The van der Waals surface area contributed by atoms with Crippen LogP contribution < -0.4 is 0 Å². The summed E-state index contributed by atoms with van der Waals surface area (Å²) in [6.45, 7) is 7.01. The standard InChI is InChI=1S/C10H21.Al.2BrH/c1-5-9-10(6-2,7-3)8-4;;;/h1,5-9H2,2-4H3;;2*1H/q;+2;;/p-2. The molecule has 0 aromatic carbocycles. The third-order valence-corrected chi connectivity index (χ3v) is 6.97. The molecule has 0 amide bonds. The molecule has 0 N–H and O–H groups in total. The van der Waals surface area contributed by atoms with E-state index < -0.39 is 10.5 Å². The average molecular weight is 328 g/mol. The van der Waals surface area contributed by atoms with Crippen LogP contribution in [0, 0.1) is 5.41 Å². The molecule has 13 heavy (non-hydrogen) atoms. The van der Waals surface area contributed by atoms with Crippen molar-refractivity contribution >= 4 is 38.6 Å². The lowest BCUT2D eigenvalue weighted by molar-refractivity contribution is 0.226. The fraction of sp³-hybridized carbons (Fsp3) is 1.00. The average Bonchev–Trinajstić information content (AvgIpc) is 2.13. The van der Waals surface area contributed by atoms with Crippen molar-refractivity contribution in [1.29, 1.82) is 0 Å². The van der Waals surface area contributed by atoms with E-state index in [9.17, 15) is 0 Å². The summed E-state index contributed by atoms with van der Waals surface area (Å²) < 4.78 is 0. The van der Waals surface area contributed by atoms with Gasteiger partial charge in [-0.3, -0.25) is 0 Å². The zero-order valence-corrected chi connectivity index (χ0v) is 13.4. The van der Waals surface area contributed by atoms with Crippen LogP contribution in [0.2, 0.25) is 5.28 Å². The molecule has 0 aliphatic heterocycles. The molecule has 0 radical (unpaired) electrons. The van der Waals surface area contributed by atoms with Crippen molar-refractivity contribution in [3.63, 3.8) is 0 Å². The minimum Gasteiger partial charge on any atom is -0.197 e. The van der Waals surface area contributed by atoms with E-state index in [2.05, 4.69) is 48.9 Å². The molecule has 0 bridgehead atoms. The number of hydrogen-bond donors (Lipinski definition) is 0. The summed E-state index contributed by atoms with van der Waals surface area (Å²) in [5.41, 5.74) is 0.642. The van der Waals surface area contributed by atoms with Crippen molar-refractivity contribution < 1.29 is 0 Å². The van der Waals surface area contributed by atoms with Gasteiger partial charge in [-0.25, -0.2) is 0 Å². The summed E-state index contributed by atoms with van der Waals surface area (Å²) in [4.78, 5) is 0. The highest BCUT2D eigenvalue weighted by Crippen LogP contribution is 2.36. The van der Waals surface area contributed by atoms with E-state index in [-0.39, 0.29) is 0 Å². The van der Waals surface area contributed by atoms with Crippen molar-refractivity contribution in [3.8, 4) is 0 Å². The van der Waals surface area contributed by atoms with Gasteiger partial charge in [-0.15, -0.1) is 0 Å². The van der Waals surface area contributed by atoms with Crippen LogP contribution in [0.25, 0.3) is 0 Å². The monoisotopic (exact) mass is 326 g/mol. The van der Waals surface area contributed by atoms with Gasteiger partial charge in [0.25, 0.3) is 0 Å². The summed E-state index contributed by atoms with van der Waals surface area (Å²) in [5, 5.41) is 1.38. The highest BCUT2D eigenvalue weighted by molar-refractivity contribution is 9.49. The number of halogens is 2. The Morgan fingerprint density at radius 3 is 1.77 bits per heavy atom. The van der Waals surface area contributed by atoms with Gasteiger partial charge in [-0.1, -0.05) is 51.7 Å². The highest BCUT2D eigenvalue weighted by Gasteiger charge is 2.23. The lowest BCUT2D eigenvalue weighted by Crippen LogP contribution is -2.17. The number of hydrogen-bond acceptors (Lipinski definition) is 0. The van der Waals surface area contributed by atoms with Gasteiger partial charge in [0, 0.05) is 0 Å². The fourth-order valence-corrected chi connectivity index (χ4v) is 4.37. The minimum atomic E-state index is -0.668. The van der Waals surface area contributed by atoms with Crippen LogP contribution in [-0.4, -0.2) is 10.5 Å². The molecule has 0 saturated heterocycles. The van der Waals surface area contributed by atoms with Gasteiger partial charge in [0.15, 0.2) is 0 Å². The maximum atomic E-state index is 3.66. The molecule has 0 aromatic rings.